The van der Waals surface area contributed by atoms with E-state index in [2.05, 4.69) is 20.2 Å². The average Bonchev–Trinajstić information content (AvgIpc) is 2.88. The molecule has 10 heteroatoms. The Morgan fingerprint density at radius 1 is 1.00 bits per heavy atom. The van der Waals surface area contributed by atoms with E-state index in [4.69, 9.17) is 9.72 Å². The maximum Gasteiger partial charge on any atom is 0.227 e. The van der Waals surface area contributed by atoms with Crippen molar-refractivity contribution in [2.75, 3.05) is 49.8 Å². The quantitative estimate of drug-likeness (QED) is 0.438. The fourth-order valence-electron chi connectivity index (χ4n) is 4.25. The van der Waals surface area contributed by atoms with E-state index in [-0.39, 0.29) is 0 Å². The molecule has 180 valence electrons. The third kappa shape index (κ3) is 4.89. The van der Waals surface area contributed by atoms with Gasteiger partial charge >= 0.3 is 0 Å². The maximum absolute atomic E-state index is 11.8. The molecule has 2 aromatic carbocycles. The first-order valence-electron chi connectivity index (χ1n) is 11.2. The monoisotopic (exact) mass is 490 g/mol. The van der Waals surface area contributed by atoms with Crippen molar-refractivity contribution in [2.45, 2.75) is 0 Å². The highest BCUT2D eigenvalue weighted by Crippen LogP contribution is 2.33. The van der Waals surface area contributed by atoms with Gasteiger partial charge in [-0.3, -0.25) is 4.98 Å². The second-order valence-electron chi connectivity index (χ2n) is 8.34. The third-order valence-electron chi connectivity index (χ3n) is 6.09. The minimum absolute atomic E-state index is 0.460. The van der Waals surface area contributed by atoms with Crippen molar-refractivity contribution >= 4 is 38.2 Å². The summed E-state index contributed by atoms with van der Waals surface area (Å²) in [5, 5.41) is 4.22. The molecule has 1 aliphatic rings. The van der Waals surface area contributed by atoms with Crippen LogP contribution in [0.15, 0.2) is 67.1 Å². The summed E-state index contributed by atoms with van der Waals surface area (Å²) in [6, 6.07) is 15.8. The van der Waals surface area contributed by atoms with Crippen LogP contribution in [0, 0.1) is 0 Å². The van der Waals surface area contributed by atoms with Crippen molar-refractivity contribution in [1.29, 1.82) is 0 Å². The van der Waals surface area contributed by atoms with Gasteiger partial charge < -0.3 is 15.0 Å². The number of rotatable bonds is 6. The van der Waals surface area contributed by atoms with E-state index in [1.165, 1.54) is 10.6 Å². The molecule has 0 spiro atoms. The molecule has 0 amide bonds. The number of anilines is 3. The van der Waals surface area contributed by atoms with Crippen LogP contribution in [-0.2, 0) is 10.0 Å². The molecule has 0 saturated carbocycles. The zero-order valence-corrected chi connectivity index (χ0v) is 20.4. The Kier molecular flexibility index (Phi) is 6.23. The van der Waals surface area contributed by atoms with E-state index in [0.717, 1.165) is 33.4 Å². The molecular formula is C25H26N6O3S. The Morgan fingerprint density at radius 2 is 1.83 bits per heavy atom. The summed E-state index contributed by atoms with van der Waals surface area (Å²) < 4.78 is 30.7. The zero-order chi connectivity index (χ0) is 24.4. The smallest absolute Gasteiger partial charge is 0.227 e. The number of piperazine rings is 1. The van der Waals surface area contributed by atoms with Crippen molar-refractivity contribution in [1.82, 2.24) is 19.3 Å². The molecule has 4 aromatic rings. The van der Waals surface area contributed by atoms with E-state index in [9.17, 15) is 8.42 Å². The molecule has 1 N–H and O–H groups in total. The second-order valence-corrected chi connectivity index (χ2v) is 10.3. The summed E-state index contributed by atoms with van der Waals surface area (Å²) in [5.41, 5.74) is 4.51. The predicted molar refractivity (Wildman–Crippen MR) is 138 cm³/mol. The summed E-state index contributed by atoms with van der Waals surface area (Å²) >= 11 is 0. The fraction of sp³-hybridized carbons (Fsp3) is 0.240. The second kappa shape index (κ2) is 9.47. The first kappa shape index (κ1) is 23.0. The van der Waals surface area contributed by atoms with Crippen LogP contribution in [0.4, 0.5) is 17.3 Å². The van der Waals surface area contributed by atoms with Gasteiger partial charge in [0.25, 0.3) is 0 Å². The summed E-state index contributed by atoms with van der Waals surface area (Å²) in [7, 11) is -1.55. The predicted octanol–water partition coefficient (Wildman–Crippen LogP) is 3.53. The van der Waals surface area contributed by atoms with Gasteiger partial charge in [0.15, 0.2) is 0 Å². The fourth-order valence-corrected chi connectivity index (χ4v) is 5.08. The standard InChI is InChI=1S/C25H26N6O3S/c1-34-23-15-20(30-11-13-31(14-12-30)35(2,32)33)8-9-22(23)28-25-27-17-19-5-3-7-21(24(19)29-25)18-6-4-10-26-16-18/h3-10,15-17H,11-14H2,1-2H3,(H,27,28,29). The van der Waals surface area contributed by atoms with Gasteiger partial charge in [-0.25, -0.2) is 18.4 Å². The number of fused-ring (bicyclic) bond motifs is 1. The molecule has 0 atom stereocenters. The van der Waals surface area contributed by atoms with Gasteiger partial charge in [0, 0.05) is 73.0 Å². The summed E-state index contributed by atoms with van der Waals surface area (Å²) in [4.78, 5) is 15.7. The lowest BCUT2D eigenvalue weighted by Gasteiger charge is -2.35. The molecule has 5 rings (SSSR count). The molecule has 1 aliphatic heterocycles. The first-order valence-corrected chi connectivity index (χ1v) is 13.1. The van der Waals surface area contributed by atoms with Crippen LogP contribution >= 0.6 is 0 Å². The minimum Gasteiger partial charge on any atom is -0.494 e. The molecule has 1 saturated heterocycles. The Labute approximate surface area is 204 Å². The molecule has 9 nitrogen and oxygen atoms in total. The van der Waals surface area contributed by atoms with Crippen LogP contribution in [0.1, 0.15) is 0 Å². The van der Waals surface area contributed by atoms with Crippen LogP contribution in [0.25, 0.3) is 22.0 Å². The van der Waals surface area contributed by atoms with Gasteiger partial charge in [0.05, 0.1) is 24.6 Å². The van der Waals surface area contributed by atoms with Crippen molar-refractivity contribution in [2.24, 2.45) is 0 Å². The number of methoxy groups -OCH3 is 1. The van der Waals surface area contributed by atoms with Gasteiger partial charge in [-0.15, -0.1) is 0 Å². The first-order chi connectivity index (χ1) is 16.9. The van der Waals surface area contributed by atoms with E-state index < -0.39 is 10.0 Å². The van der Waals surface area contributed by atoms with Crippen LogP contribution < -0.4 is 15.0 Å². The lowest BCUT2D eigenvalue weighted by atomic mass is 10.0. The average molecular weight is 491 g/mol. The van der Waals surface area contributed by atoms with Crippen LogP contribution in [0.3, 0.4) is 0 Å². The molecule has 3 heterocycles. The summed E-state index contributed by atoms with van der Waals surface area (Å²) in [6.07, 6.45) is 6.62. The molecule has 1 fully saturated rings. The normalized spacial score (nSPS) is 14.7. The molecule has 0 aliphatic carbocycles. The largest absolute Gasteiger partial charge is 0.494 e. The summed E-state index contributed by atoms with van der Waals surface area (Å²) in [5.74, 6) is 1.11. The minimum atomic E-state index is -3.17. The third-order valence-corrected chi connectivity index (χ3v) is 7.39. The number of hydrogen-bond donors (Lipinski definition) is 1. The Hall–Kier alpha value is -3.76. The van der Waals surface area contributed by atoms with Crippen LogP contribution in [-0.4, -0.2) is 67.2 Å². The lowest BCUT2D eigenvalue weighted by molar-refractivity contribution is 0.387. The van der Waals surface area contributed by atoms with E-state index >= 15 is 0 Å². The number of aromatic nitrogens is 3. The van der Waals surface area contributed by atoms with Crippen LogP contribution in [0.5, 0.6) is 5.75 Å². The maximum atomic E-state index is 11.8. The number of nitrogens with zero attached hydrogens (tertiary/aromatic N) is 5. The molecule has 0 unspecified atom stereocenters. The molecule has 0 radical (unpaired) electrons. The highest BCUT2D eigenvalue weighted by molar-refractivity contribution is 7.88. The number of para-hydroxylation sites is 1. The number of hydrogen-bond acceptors (Lipinski definition) is 8. The van der Waals surface area contributed by atoms with Gasteiger partial charge in [-0.1, -0.05) is 24.3 Å². The van der Waals surface area contributed by atoms with Crippen molar-refractivity contribution < 1.29 is 13.2 Å². The zero-order valence-electron chi connectivity index (χ0n) is 19.5. The van der Waals surface area contributed by atoms with Gasteiger partial charge in [-0.2, -0.15) is 4.31 Å². The van der Waals surface area contributed by atoms with Gasteiger partial charge in [0.1, 0.15) is 5.75 Å². The molecule has 0 bridgehead atoms. The van der Waals surface area contributed by atoms with Crippen molar-refractivity contribution in [3.05, 3.63) is 67.1 Å². The van der Waals surface area contributed by atoms with Gasteiger partial charge in [0.2, 0.25) is 16.0 Å². The van der Waals surface area contributed by atoms with Crippen LogP contribution in [0.2, 0.25) is 0 Å². The number of benzene rings is 2. The molecular weight excluding hydrogens is 464 g/mol. The molecule has 35 heavy (non-hydrogen) atoms. The Balaban J connectivity index is 1.40. The topological polar surface area (TPSA) is 101 Å². The van der Waals surface area contributed by atoms with E-state index in [0.29, 0.717) is 37.9 Å². The van der Waals surface area contributed by atoms with Crippen molar-refractivity contribution in [3.8, 4) is 16.9 Å². The summed E-state index contributed by atoms with van der Waals surface area (Å²) in [6.45, 7) is 2.17. The number of ether oxygens (including phenoxy) is 1. The number of pyridine rings is 1. The van der Waals surface area contributed by atoms with E-state index in [1.807, 2.05) is 54.7 Å². The highest BCUT2D eigenvalue weighted by Gasteiger charge is 2.24. The lowest BCUT2D eigenvalue weighted by Crippen LogP contribution is -2.48. The SMILES string of the molecule is COc1cc(N2CCN(S(C)(=O)=O)CC2)ccc1Nc1ncc2cccc(-c3cccnc3)c2n1. The van der Waals surface area contributed by atoms with Crippen molar-refractivity contribution in [3.63, 3.8) is 0 Å². The van der Waals surface area contributed by atoms with Gasteiger partial charge in [-0.05, 0) is 18.2 Å². The Bertz CT molecular complexity index is 1460. The Morgan fingerprint density at radius 3 is 2.54 bits per heavy atom. The molecule has 2 aromatic heterocycles. The van der Waals surface area contributed by atoms with E-state index in [1.54, 1.807) is 19.5 Å². The number of sulfonamides is 1. The number of nitrogens with one attached hydrogen (secondary N) is 1. The highest BCUT2D eigenvalue weighted by atomic mass is 32.2.